The van der Waals surface area contributed by atoms with Crippen LogP contribution in [0.5, 0.6) is 17.2 Å². The summed E-state index contributed by atoms with van der Waals surface area (Å²) in [6.45, 7) is 6.12. The third-order valence-corrected chi connectivity index (χ3v) is 8.44. The van der Waals surface area contributed by atoms with Gasteiger partial charge in [-0.1, -0.05) is 48.5 Å². The van der Waals surface area contributed by atoms with Gasteiger partial charge in [0.05, 0.1) is 21.3 Å². The van der Waals surface area contributed by atoms with Crippen LogP contribution in [-0.4, -0.2) is 76.7 Å². The van der Waals surface area contributed by atoms with Gasteiger partial charge < -0.3 is 39.6 Å². The Bertz CT molecular complexity index is 1650. The number of ether oxygens (including phenoxy) is 5. The van der Waals surface area contributed by atoms with E-state index in [1.54, 1.807) is 32.9 Å². The maximum Gasteiger partial charge on any atom is 0.407 e. The van der Waals surface area contributed by atoms with E-state index in [0.717, 1.165) is 27.8 Å². The smallest absolute Gasteiger partial charge is 0.407 e. The van der Waals surface area contributed by atoms with Crippen molar-refractivity contribution in [2.75, 3.05) is 41.0 Å². The summed E-state index contributed by atoms with van der Waals surface area (Å²) in [7, 11) is 4.54. The first-order chi connectivity index (χ1) is 25.4. The molecule has 3 aromatic rings. The average Bonchev–Trinajstić information content (AvgIpc) is 3.46. The quantitative estimate of drug-likeness (QED) is 0.0890. The van der Waals surface area contributed by atoms with Crippen molar-refractivity contribution >= 4 is 24.0 Å². The minimum Gasteiger partial charge on any atom is -0.493 e. The largest absolute Gasteiger partial charge is 0.493 e. The van der Waals surface area contributed by atoms with Crippen LogP contribution in [0.1, 0.15) is 69.1 Å². The van der Waals surface area contributed by atoms with Gasteiger partial charge in [0, 0.05) is 32.0 Å². The van der Waals surface area contributed by atoms with Crippen molar-refractivity contribution in [2.24, 2.45) is 0 Å². The number of nitrogens with one attached hydrogen (secondary N) is 5. The fourth-order valence-corrected chi connectivity index (χ4v) is 5.97. The number of amides is 4. The lowest BCUT2D eigenvalue weighted by atomic mass is 9.98. The van der Waals surface area contributed by atoms with Crippen LogP contribution in [0.3, 0.4) is 0 Å². The molecule has 0 unspecified atom stereocenters. The Labute approximate surface area is 310 Å². The molecule has 3 aromatic carbocycles. The van der Waals surface area contributed by atoms with Crippen molar-refractivity contribution in [3.05, 3.63) is 77.4 Å². The van der Waals surface area contributed by atoms with Crippen molar-refractivity contribution in [1.29, 1.82) is 0 Å². The van der Waals surface area contributed by atoms with Crippen molar-refractivity contribution in [2.45, 2.75) is 70.6 Å². The van der Waals surface area contributed by atoms with Crippen LogP contribution < -0.4 is 41.0 Å². The Balaban J connectivity index is 1.28. The van der Waals surface area contributed by atoms with E-state index < -0.39 is 29.7 Å². The number of carbonyl (C=O) groups excluding carboxylic acids is 4. The molecule has 5 N–H and O–H groups in total. The molecular weight excluding hydrogens is 682 g/mol. The topological polar surface area (TPSA) is 175 Å². The van der Waals surface area contributed by atoms with Crippen LogP contribution in [0, 0.1) is 0 Å². The van der Waals surface area contributed by atoms with E-state index in [1.807, 2.05) is 36.4 Å². The highest BCUT2D eigenvalue weighted by Crippen LogP contribution is 2.44. The van der Waals surface area contributed by atoms with Crippen LogP contribution in [0.15, 0.2) is 60.7 Å². The van der Waals surface area contributed by atoms with Gasteiger partial charge in [-0.15, -0.1) is 0 Å². The third-order valence-electron chi connectivity index (χ3n) is 8.44. The zero-order valence-corrected chi connectivity index (χ0v) is 31.3. The Kier molecular flexibility index (Phi) is 14.7. The first-order valence-electron chi connectivity index (χ1n) is 17.6. The standard InChI is InChI=1S/C39H51N5O9/c1-39(2,3)53-37(47)40-19-12-11-17-31(43-38(48)52-24-30-28-15-9-7-13-26(28)27-14-8-10-16-29(27)30)36(46)44-42-20-18-34(45)41-23-25-21-32(49-4)35(51-6)33(22-25)50-5/h7-10,13-16,21-22,30-31,42H,11-12,17-20,23-24H2,1-6H3,(H,40,47)(H,41,45)(H,43,48)(H,44,46)/t31-/m0/s1. The average molecular weight is 734 g/mol. The SMILES string of the molecule is COc1cc(CNC(=O)CCNNC(=O)[C@H](CCCCNC(=O)OC(C)(C)C)NC(=O)OCC2c3ccccc3-c3ccccc32)cc(OC)c1OC. The number of carbonyl (C=O) groups is 4. The van der Waals surface area contributed by atoms with Gasteiger partial charge in [-0.05, 0) is 80.0 Å². The molecule has 0 spiro atoms. The molecule has 0 aliphatic heterocycles. The van der Waals surface area contributed by atoms with Gasteiger partial charge >= 0.3 is 12.2 Å². The highest BCUT2D eigenvalue weighted by Gasteiger charge is 2.30. The molecule has 53 heavy (non-hydrogen) atoms. The Morgan fingerprint density at radius 3 is 1.98 bits per heavy atom. The van der Waals surface area contributed by atoms with E-state index in [2.05, 4.69) is 38.9 Å². The molecule has 1 aliphatic rings. The van der Waals surface area contributed by atoms with Gasteiger partial charge in [0.1, 0.15) is 18.2 Å². The predicted molar refractivity (Wildman–Crippen MR) is 199 cm³/mol. The molecule has 0 radical (unpaired) electrons. The minimum atomic E-state index is -0.950. The lowest BCUT2D eigenvalue weighted by Gasteiger charge is -2.21. The van der Waals surface area contributed by atoms with E-state index in [-0.39, 0.29) is 44.4 Å². The predicted octanol–water partition coefficient (Wildman–Crippen LogP) is 4.94. The van der Waals surface area contributed by atoms with Gasteiger partial charge in [-0.2, -0.15) is 0 Å². The molecule has 0 fully saturated rings. The number of hydrogen-bond acceptors (Lipinski definition) is 10. The second-order valence-electron chi connectivity index (χ2n) is 13.4. The second kappa shape index (κ2) is 19.4. The minimum absolute atomic E-state index is 0.0610. The monoisotopic (exact) mass is 733 g/mol. The highest BCUT2D eigenvalue weighted by molar-refractivity contribution is 5.85. The first-order valence-corrected chi connectivity index (χ1v) is 17.6. The zero-order chi connectivity index (χ0) is 38.4. The molecule has 14 nitrogen and oxygen atoms in total. The second-order valence-corrected chi connectivity index (χ2v) is 13.4. The van der Waals surface area contributed by atoms with Crippen LogP contribution in [0.25, 0.3) is 11.1 Å². The van der Waals surface area contributed by atoms with E-state index in [9.17, 15) is 19.2 Å². The molecule has 4 amide bonds. The van der Waals surface area contributed by atoms with Gasteiger partial charge in [-0.25, -0.2) is 15.0 Å². The summed E-state index contributed by atoms with van der Waals surface area (Å²) in [6, 6.07) is 18.6. The molecule has 4 rings (SSSR count). The number of hydrogen-bond donors (Lipinski definition) is 5. The molecule has 0 saturated carbocycles. The van der Waals surface area contributed by atoms with E-state index >= 15 is 0 Å². The normalized spacial score (nSPS) is 12.4. The number of benzene rings is 3. The van der Waals surface area contributed by atoms with Crippen molar-refractivity contribution in [3.8, 4) is 28.4 Å². The maximum absolute atomic E-state index is 13.3. The van der Waals surface area contributed by atoms with Crippen molar-refractivity contribution in [3.63, 3.8) is 0 Å². The van der Waals surface area contributed by atoms with Gasteiger partial charge in [0.2, 0.25) is 11.7 Å². The fourth-order valence-electron chi connectivity index (χ4n) is 5.97. The molecule has 286 valence electrons. The van der Waals surface area contributed by atoms with Gasteiger partial charge in [0.15, 0.2) is 11.5 Å². The summed E-state index contributed by atoms with van der Waals surface area (Å²) in [6.07, 6.45) is 0.106. The fraction of sp³-hybridized carbons (Fsp3) is 0.436. The molecule has 0 heterocycles. The Morgan fingerprint density at radius 2 is 1.40 bits per heavy atom. The maximum atomic E-state index is 13.3. The van der Waals surface area contributed by atoms with E-state index in [1.165, 1.54) is 21.3 Å². The highest BCUT2D eigenvalue weighted by atomic mass is 16.6. The molecule has 1 atom stereocenters. The van der Waals surface area contributed by atoms with Crippen LogP contribution in [0.4, 0.5) is 9.59 Å². The van der Waals surface area contributed by atoms with Crippen LogP contribution >= 0.6 is 0 Å². The molecular formula is C39H51N5O9. The number of fused-ring (bicyclic) bond motifs is 3. The van der Waals surface area contributed by atoms with Crippen molar-refractivity contribution in [1.82, 2.24) is 26.8 Å². The lowest BCUT2D eigenvalue weighted by molar-refractivity contribution is -0.125. The summed E-state index contributed by atoms with van der Waals surface area (Å²) in [5.41, 5.74) is 9.86. The molecule has 0 saturated heterocycles. The Hall–Kier alpha value is -5.50. The summed E-state index contributed by atoms with van der Waals surface area (Å²) in [5, 5.41) is 8.23. The number of hydrazine groups is 1. The summed E-state index contributed by atoms with van der Waals surface area (Å²) < 4.78 is 27.0. The zero-order valence-electron chi connectivity index (χ0n) is 31.3. The van der Waals surface area contributed by atoms with Crippen LogP contribution in [0.2, 0.25) is 0 Å². The molecule has 14 heteroatoms. The van der Waals surface area contributed by atoms with Gasteiger partial charge in [0.25, 0.3) is 5.91 Å². The number of alkyl carbamates (subject to hydrolysis) is 2. The van der Waals surface area contributed by atoms with E-state index in [4.69, 9.17) is 23.7 Å². The number of unbranched alkanes of at least 4 members (excludes halogenated alkanes) is 1. The third kappa shape index (κ3) is 11.8. The molecule has 1 aliphatic carbocycles. The first kappa shape index (κ1) is 40.3. The number of rotatable bonds is 18. The molecule has 0 aromatic heterocycles. The summed E-state index contributed by atoms with van der Waals surface area (Å²) >= 11 is 0. The summed E-state index contributed by atoms with van der Waals surface area (Å²) in [4.78, 5) is 50.9. The molecule has 0 bridgehead atoms. The van der Waals surface area contributed by atoms with Gasteiger partial charge in [-0.3, -0.25) is 15.0 Å². The van der Waals surface area contributed by atoms with Crippen molar-refractivity contribution < 1.29 is 42.9 Å². The lowest BCUT2D eigenvalue weighted by Crippen LogP contribution is -2.51. The summed E-state index contributed by atoms with van der Waals surface area (Å²) in [5.74, 6) is 0.500. The Morgan fingerprint density at radius 1 is 0.774 bits per heavy atom. The van der Waals surface area contributed by atoms with E-state index in [0.29, 0.717) is 36.6 Å². The number of methoxy groups -OCH3 is 3. The van der Waals surface area contributed by atoms with Crippen LogP contribution in [-0.2, 0) is 25.6 Å².